The average Bonchev–Trinajstić information content (AvgIpc) is 2.50. The fourth-order valence-corrected chi connectivity index (χ4v) is 2.63. The lowest BCUT2D eigenvalue weighted by Crippen LogP contribution is -2.50. The molecule has 1 atom stereocenters. The zero-order chi connectivity index (χ0) is 8.44. The van der Waals surface area contributed by atoms with E-state index in [1.165, 1.54) is 43.4 Å². The summed E-state index contributed by atoms with van der Waals surface area (Å²) in [5, 5.41) is 0. The summed E-state index contributed by atoms with van der Waals surface area (Å²) >= 11 is 4.28. The van der Waals surface area contributed by atoms with Crippen LogP contribution in [-0.4, -0.2) is 42.7 Å². The van der Waals surface area contributed by atoms with E-state index in [0.717, 1.165) is 12.5 Å². The number of quaternary nitrogens is 1. The van der Waals surface area contributed by atoms with Crippen molar-refractivity contribution in [1.82, 2.24) is 0 Å². The van der Waals surface area contributed by atoms with E-state index in [4.69, 9.17) is 4.74 Å². The van der Waals surface area contributed by atoms with E-state index in [1.54, 1.807) is 0 Å². The van der Waals surface area contributed by atoms with Crippen LogP contribution in [0.15, 0.2) is 0 Å². The number of hydrogen-bond acceptors (Lipinski definition) is 2. The first-order chi connectivity index (χ1) is 5.85. The van der Waals surface area contributed by atoms with Crippen molar-refractivity contribution < 1.29 is 9.22 Å². The summed E-state index contributed by atoms with van der Waals surface area (Å²) in [6, 6.07) is 0. The second kappa shape index (κ2) is 3.56. The fraction of sp³-hybridized carbons (Fsp3) is 1.00. The fourth-order valence-electron chi connectivity index (χ4n) is 2.41. The molecule has 1 spiro atoms. The molecule has 0 radical (unpaired) electrons. The molecule has 0 bridgehead atoms. The van der Waals surface area contributed by atoms with Crippen LogP contribution in [0.25, 0.3) is 0 Å². The summed E-state index contributed by atoms with van der Waals surface area (Å²) in [7, 11) is 0. The molecule has 2 rings (SSSR count). The van der Waals surface area contributed by atoms with Crippen LogP contribution in [0.2, 0.25) is 0 Å². The molecule has 2 saturated heterocycles. The van der Waals surface area contributed by atoms with Gasteiger partial charge in [-0.3, -0.25) is 4.48 Å². The van der Waals surface area contributed by atoms with Gasteiger partial charge in [0.15, 0.2) is 6.73 Å². The van der Waals surface area contributed by atoms with Gasteiger partial charge in [-0.25, -0.2) is 0 Å². The minimum atomic E-state index is 0.423. The van der Waals surface area contributed by atoms with E-state index < -0.39 is 0 Å². The monoisotopic (exact) mass is 188 g/mol. The lowest BCUT2D eigenvalue weighted by Gasteiger charge is -2.35. The quantitative estimate of drug-likeness (QED) is 0.482. The van der Waals surface area contributed by atoms with Crippen molar-refractivity contribution in [3.05, 3.63) is 0 Å². The molecule has 3 heteroatoms. The molecule has 2 aliphatic heterocycles. The van der Waals surface area contributed by atoms with E-state index in [1.807, 2.05) is 0 Å². The Hall–Kier alpha value is 0.270. The van der Waals surface area contributed by atoms with Gasteiger partial charge in [-0.05, 0) is 19.3 Å². The van der Waals surface area contributed by atoms with Crippen LogP contribution in [0.1, 0.15) is 19.3 Å². The number of rotatable bonds is 1. The Labute approximate surface area is 79.9 Å². The third-order valence-corrected chi connectivity index (χ3v) is 3.55. The zero-order valence-electron chi connectivity index (χ0n) is 7.54. The van der Waals surface area contributed by atoms with E-state index in [0.29, 0.717) is 6.10 Å². The highest BCUT2D eigenvalue weighted by molar-refractivity contribution is 7.80. The van der Waals surface area contributed by atoms with Crippen LogP contribution in [0.4, 0.5) is 0 Å². The minimum absolute atomic E-state index is 0.423. The van der Waals surface area contributed by atoms with E-state index >= 15 is 0 Å². The second-order valence-electron chi connectivity index (χ2n) is 4.13. The molecule has 0 aliphatic carbocycles. The Bertz CT molecular complexity index is 157. The third kappa shape index (κ3) is 1.63. The third-order valence-electron chi connectivity index (χ3n) is 3.14. The Kier molecular flexibility index (Phi) is 2.63. The van der Waals surface area contributed by atoms with Crippen molar-refractivity contribution in [2.24, 2.45) is 0 Å². The molecule has 2 heterocycles. The largest absolute Gasteiger partial charge is 0.322 e. The molecule has 0 aromatic heterocycles. The molecule has 70 valence electrons. The van der Waals surface area contributed by atoms with Gasteiger partial charge in [-0.15, -0.1) is 0 Å². The Balaban J connectivity index is 1.94. The van der Waals surface area contributed by atoms with Gasteiger partial charge < -0.3 is 4.74 Å². The number of hydrogen-bond donors (Lipinski definition) is 1. The highest BCUT2D eigenvalue weighted by atomic mass is 32.1. The number of thiol groups is 1. The molecular weight excluding hydrogens is 170 g/mol. The number of nitrogens with zero attached hydrogens (tertiary/aromatic N) is 1. The van der Waals surface area contributed by atoms with Gasteiger partial charge in [0, 0.05) is 5.75 Å². The predicted molar refractivity (Wildman–Crippen MR) is 52.3 cm³/mol. The molecule has 2 fully saturated rings. The summed E-state index contributed by atoms with van der Waals surface area (Å²) < 4.78 is 6.92. The van der Waals surface area contributed by atoms with Crippen molar-refractivity contribution in [3.8, 4) is 0 Å². The minimum Gasteiger partial charge on any atom is -0.322 e. The molecule has 0 aromatic carbocycles. The van der Waals surface area contributed by atoms with E-state index in [2.05, 4.69) is 12.6 Å². The lowest BCUT2D eigenvalue weighted by molar-refractivity contribution is -0.929. The van der Waals surface area contributed by atoms with E-state index in [-0.39, 0.29) is 0 Å². The summed E-state index contributed by atoms with van der Waals surface area (Å²) in [5.41, 5.74) is 0. The highest BCUT2D eigenvalue weighted by Crippen LogP contribution is 2.25. The first-order valence-electron chi connectivity index (χ1n) is 4.92. The van der Waals surface area contributed by atoms with Gasteiger partial charge in [0.2, 0.25) is 0 Å². The van der Waals surface area contributed by atoms with Crippen molar-refractivity contribution in [1.29, 1.82) is 0 Å². The first-order valence-corrected chi connectivity index (χ1v) is 5.55. The summed E-state index contributed by atoms with van der Waals surface area (Å²) in [6.07, 6.45) is 4.63. The summed E-state index contributed by atoms with van der Waals surface area (Å²) in [6.45, 7) is 4.84. The summed E-state index contributed by atoms with van der Waals surface area (Å²) in [4.78, 5) is 0. The predicted octanol–water partition coefficient (Wildman–Crippen LogP) is 1.27. The van der Waals surface area contributed by atoms with Crippen LogP contribution in [-0.2, 0) is 4.74 Å². The number of piperidine rings is 1. The lowest BCUT2D eigenvalue weighted by atomic mass is 10.1. The molecule has 2 nitrogen and oxygen atoms in total. The standard InChI is InChI=1S/C9H17NOS/c12-7-9-6-10(8-11-9)4-2-1-3-5-10/h9H,1-8H2/p+1. The average molecular weight is 188 g/mol. The van der Waals surface area contributed by atoms with Crippen molar-refractivity contribution in [2.75, 3.05) is 32.1 Å². The Morgan fingerprint density at radius 3 is 2.58 bits per heavy atom. The number of ether oxygens (including phenoxy) is 1. The normalized spacial score (nSPS) is 34.2. The van der Waals surface area contributed by atoms with Gasteiger partial charge in [0.05, 0.1) is 13.1 Å². The van der Waals surface area contributed by atoms with Gasteiger partial charge in [-0.1, -0.05) is 0 Å². The van der Waals surface area contributed by atoms with Crippen LogP contribution >= 0.6 is 12.6 Å². The van der Waals surface area contributed by atoms with Crippen molar-refractivity contribution in [2.45, 2.75) is 25.4 Å². The van der Waals surface area contributed by atoms with Gasteiger partial charge in [0.25, 0.3) is 0 Å². The van der Waals surface area contributed by atoms with E-state index in [9.17, 15) is 0 Å². The zero-order valence-corrected chi connectivity index (χ0v) is 8.43. The maximum atomic E-state index is 5.69. The Morgan fingerprint density at radius 1 is 1.25 bits per heavy atom. The van der Waals surface area contributed by atoms with Gasteiger partial charge in [0.1, 0.15) is 12.6 Å². The maximum absolute atomic E-state index is 5.69. The van der Waals surface area contributed by atoms with Crippen LogP contribution in [0, 0.1) is 0 Å². The summed E-state index contributed by atoms with van der Waals surface area (Å²) in [5.74, 6) is 0.889. The molecule has 0 aromatic rings. The van der Waals surface area contributed by atoms with Crippen LogP contribution < -0.4 is 0 Å². The molecular formula is C9H18NOS+. The maximum Gasteiger partial charge on any atom is 0.183 e. The van der Waals surface area contributed by atoms with Crippen LogP contribution in [0.3, 0.4) is 0 Å². The molecule has 0 amide bonds. The van der Waals surface area contributed by atoms with Crippen molar-refractivity contribution >= 4 is 12.6 Å². The smallest absolute Gasteiger partial charge is 0.183 e. The van der Waals surface area contributed by atoms with Gasteiger partial charge >= 0.3 is 0 Å². The van der Waals surface area contributed by atoms with Crippen LogP contribution in [0.5, 0.6) is 0 Å². The topological polar surface area (TPSA) is 9.23 Å². The second-order valence-corrected chi connectivity index (χ2v) is 4.50. The molecule has 2 aliphatic rings. The first kappa shape index (κ1) is 8.85. The molecule has 12 heavy (non-hydrogen) atoms. The Morgan fingerprint density at radius 2 is 2.00 bits per heavy atom. The molecule has 0 saturated carbocycles. The highest BCUT2D eigenvalue weighted by Gasteiger charge is 2.39. The SMILES string of the molecule is SCC1C[N+]2(CCCCC2)CO1. The molecule has 1 unspecified atom stereocenters. The molecule has 0 N–H and O–H groups in total. The van der Waals surface area contributed by atoms with Gasteiger partial charge in [-0.2, -0.15) is 12.6 Å². The van der Waals surface area contributed by atoms with Crippen molar-refractivity contribution in [3.63, 3.8) is 0 Å².